The predicted molar refractivity (Wildman–Crippen MR) is 93.8 cm³/mol. The van der Waals surface area contributed by atoms with Gasteiger partial charge in [0.15, 0.2) is 5.84 Å². The molecule has 0 unspecified atom stereocenters. The first-order valence-corrected chi connectivity index (χ1v) is 8.61. The van der Waals surface area contributed by atoms with Crippen LogP contribution in [0.15, 0.2) is 40.6 Å². The molecule has 0 bridgehead atoms. The van der Waals surface area contributed by atoms with Crippen molar-refractivity contribution in [3.8, 4) is 0 Å². The van der Waals surface area contributed by atoms with Crippen LogP contribution in [0.2, 0.25) is 0 Å². The average Bonchev–Trinajstić information content (AvgIpc) is 2.99. The summed E-state index contributed by atoms with van der Waals surface area (Å²) in [5.74, 6) is 0.106. The second kappa shape index (κ2) is 8.17. The zero-order valence-corrected chi connectivity index (χ0v) is 16.2. The molecule has 2 aromatic rings. The molecule has 0 aliphatic carbocycles. The minimum Gasteiger partial charge on any atom is -0.295 e. The Morgan fingerprint density at radius 2 is 1.96 bits per heavy atom. The third-order valence-electron chi connectivity index (χ3n) is 3.22. The van der Waals surface area contributed by atoms with E-state index in [1.165, 1.54) is 19.2 Å². The van der Waals surface area contributed by atoms with Gasteiger partial charge >= 0.3 is 18.3 Å². The molecule has 0 saturated heterocycles. The summed E-state index contributed by atoms with van der Waals surface area (Å²) >= 11 is 0.736. The minimum absolute atomic E-state index is 0.106. The van der Waals surface area contributed by atoms with Crippen molar-refractivity contribution >= 4 is 23.9 Å². The van der Waals surface area contributed by atoms with Gasteiger partial charge in [0.25, 0.3) is 0 Å². The van der Waals surface area contributed by atoms with Crippen molar-refractivity contribution in [1.29, 1.82) is 0 Å². The number of halogens is 4. The van der Waals surface area contributed by atoms with E-state index in [-0.39, 0.29) is 10.7 Å². The van der Waals surface area contributed by atoms with E-state index >= 15 is 0 Å². The maximum Gasteiger partial charge on any atom is 0.446 e. The first-order chi connectivity index (χ1) is 12.9. The molecular weight excluding hydrogens is 402 g/mol. The molecule has 0 aliphatic rings. The van der Waals surface area contributed by atoms with Crippen LogP contribution < -0.4 is 0 Å². The summed E-state index contributed by atoms with van der Waals surface area (Å²) < 4.78 is 53.4. The third kappa shape index (κ3) is 5.68. The summed E-state index contributed by atoms with van der Waals surface area (Å²) in [5, 5.41) is 7.22. The van der Waals surface area contributed by atoms with E-state index in [2.05, 4.69) is 15.2 Å². The number of oxime groups is 1. The Labute approximate surface area is 162 Å². The van der Waals surface area contributed by atoms with Crippen LogP contribution in [-0.4, -0.2) is 38.0 Å². The van der Waals surface area contributed by atoms with Crippen molar-refractivity contribution in [2.24, 2.45) is 10.6 Å². The van der Waals surface area contributed by atoms with Crippen molar-refractivity contribution in [3.05, 3.63) is 42.2 Å². The Morgan fingerprint density at radius 3 is 2.50 bits per heavy atom. The number of carbonyl (C=O) groups excluding carboxylic acids is 1. The quantitative estimate of drug-likeness (QED) is 0.184. The number of alkyl halides is 3. The van der Waals surface area contributed by atoms with Gasteiger partial charge in [-0.3, -0.25) is 4.84 Å². The highest BCUT2D eigenvalue weighted by Crippen LogP contribution is 2.32. The summed E-state index contributed by atoms with van der Waals surface area (Å²) in [7, 11) is 1.31. The van der Waals surface area contributed by atoms with E-state index in [0.717, 1.165) is 39.4 Å². The van der Waals surface area contributed by atoms with E-state index in [1.807, 2.05) is 0 Å². The Hall–Kier alpha value is -2.63. The molecule has 0 aliphatic heterocycles. The third-order valence-corrected chi connectivity index (χ3v) is 4.11. The van der Waals surface area contributed by atoms with Crippen LogP contribution in [0.4, 0.5) is 22.4 Å². The molecule has 12 heteroatoms. The predicted octanol–water partition coefficient (Wildman–Crippen LogP) is 4.42. The molecule has 7 nitrogen and oxygen atoms in total. The number of hydrogen-bond acceptors (Lipinski definition) is 6. The molecule has 0 radical (unpaired) electrons. The Morgan fingerprint density at radius 1 is 1.29 bits per heavy atom. The van der Waals surface area contributed by atoms with Crippen molar-refractivity contribution < 1.29 is 27.2 Å². The molecule has 152 valence electrons. The highest BCUT2D eigenvalue weighted by Gasteiger charge is 2.30. The number of nitrogens with zero attached hydrogens (tertiary/aromatic N) is 5. The van der Waals surface area contributed by atoms with Gasteiger partial charge < -0.3 is 0 Å². The van der Waals surface area contributed by atoms with Gasteiger partial charge in [0, 0.05) is 17.4 Å². The van der Waals surface area contributed by atoms with E-state index < -0.39 is 29.3 Å². The molecule has 28 heavy (non-hydrogen) atoms. The molecule has 0 saturated carbocycles. The van der Waals surface area contributed by atoms with Gasteiger partial charge in [0.1, 0.15) is 6.33 Å². The lowest BCUT2D eigenvalue weighted by molar-refractivity contribution is -0.137. The van der Waals surface area contributed by atoms with E-state index in [0.29, 0.717) is 0 Å². The lowest BCUT2D eigenvalue weighted by atomic mass is 9.95. The minimum atomic E-state index is -4.49. The molecule has 0 atom stereocenters. The molecule has 0 N–H and O–H groups in total. The second-order valence-electron chi connectivity index (χ2n) is 6.59. The zero-order chi connectivity index (χ0) is 21.1. The molecular formula is C16H17F4N5O2S. The first-order valence-electron chi connectivity index (χ1n) is 7.84. The molecule has 0 spiro atoms. The maximum atomic E-state index is 13.1. The van der Waals surface area contributed by atoms with Crippen molar-refractivity contribution in [1.82, 2.24) is 19.1 Å². The lowest BCUT2D eigenvalue weighted by Gasteiger charge is -2.20. The molecule has 2 rings (SSSR count). The number of carbonyl (C=O) groups is 1. The molecule has 0 fully saturated rings. The molecule has 1 aromatic carbocycles. The first kappa shape index (κ1) is 21.7. The highest BCUT2D eigenvalue weighted by molar-refractivity contribution is 7.97. The van der Waals surface area contributed by atoms with Crippen molar-refractivity contribution in [3.63, 3.8) is 0 Å². The maximum absolute atomic E-state index is 13.1. The largest absolute Gasteiger partial charge is 0.446 e. The van der Waals surface area contributed by atoms with Crippen molar-refractivity contribution in [2.75, 3.05) is 7.05 Å². The van der Waals surface area contributed by atoms with Crippen LogP contribution in [0.5, 0.6) is 0 Å². The van der Waals surface area contributed by atoms with Gasteiger partial charge in [-0.25, -0.2) is 9.10 Å². The number of rotatable bonds is 3. The van der Waals surface area contributed by atoms with Crippen LogP contribution in [0, 0.1) is 11.5 Å². The fourth-order valence-electron chi connectivity index (χ4n) is 1.93. The summed E-state index contributed by atoms with van der Waals surface area (Å²) in [5.41, 5.74) is -1.51. The van der Waals surface area contributed by atoms with E-state index in [1.54, 1.807) is 20.8 Å². The van der Waals surface area contributed by atoms with Gasteiger partial charge in [0.05, 0.1) is 5.56 Å². The van der Waals surface area contributed by atoms with Crippen LogP contribution in [-0.2, 0) is 11.0 Å². The van der Waals surface area contributed by atoms with Crippen LogP contribution in [0.3, 0.4) is 0 Å². The van der Waals surface area contributed by atoms with Crippen molar-refractivity contribution in [2.45, 2.75) is 31.8 Å². The zero-order valence-electron chi connectivity index (χ0n) is 15.4. The highest BCUT2D eigenvalue weighted by atomic mass is 32.2. The lowest BCUT2D eigenvalue weighted by Crippen LogP contribution is -2.30. The SMILES string of the molecule is CN(Sc1cccc(C(F)(F)F)c1)C(=O)ON=C(n1cnc(F)n1)C(C)(C)C. The van der Waals surface area contributed by atoms with Gasteiger partial charge in [-0.05, 0) is 30.1 Å². The van der Waals surface area contributed by atoms with Gasteiger partial charge in [-0.15, -0.1) is 5.10 Å². The van der Waals surface area contributed by atoms with Crippen LogP contribution in [0.1, 0.15) is 26.3 Å². The molecule has 1 heterocycles. The Bertz CT molecular complexity index is 876. The van der Waals surface area contributed by atoms with Gasteiger partial charge in [-0.1, -0.05) is 32.0 Å². The number of benzene rings is 1. The van der Waals surface area contributed by atoms with Gasteiger partial charge in [0.2, 0.25) is 0 Å². The fourth-order valence-corrected chi connectivity index (χ4v) is 2.67. The van der Waals surface area contributed by atoms with Gasteiger partial charge in [-0.2, -0.15) is 27.2 Å². The fraction of sp³-hybridized carbons (Fsp3) is 0.375. The number of aromatic nitrogens is 3. The summed E-state index contributed by atoms with van der Waals surface area (Å²) in [4.78, 5) is 20.5. The topological polar surface area (TPSA) is 72.6 Å². The number of amides is 1. The monoisotopic (exact) mass is 419 g/mol. The summed E-state index contributed by atoms with van der Waals surface area (Å²) in [6.07, 6.45) is -5.33. The average molecular weight is 419 g/mol. The Kier molecular flexibility index (Phi) is 6.32. The van der Waals surface area contributed by atoms with Crippen LogP contribution >= 0.6 is 11.9 Å². The summed E-state index contributed by atoms with van der Waals surface area (Å²) in [6.45, 7) is 5.21. The second-order valence-corrected chi connectivity index (χ2v) is 7.80. The van der Waals surface area contributed by atoms with E-state index in [9.17, 15) is 22.4 Å². The summed E-state index contributed by atoms with van der Waals surface area (Å²) in [6, 6.07) is 4.50. The molecule has 1 aromatic heterocycles. The van der Waals surface area contributed by atoms with E-state index in [4.69, 9.17) is 4.84 Å². The smallest absolute Gasteiger partial charge is 0.295 e. The standard InChI is InChI=1S/C16H17F4N5O2S/c1-15(2,3)12(25-9-21-13(17)22-25)23-27-14(26)24(4)28-11-7-5-6-10(8-11)16(18,19)20/h5-9H,1-4H3. The number of hydrogen-bond donors (Lipinski definition) is 0. The normalized spacial score (nSPS) is 12.8. The molecule has 1 amide bonds. The van der Waals surface area contributed by atoms with Crippen LogP contribution in [0.25, 0.3) is 0 Å². The Balaban J connectivity index is 2.12.